The molecule has 1 atom stereocenters. The number of ether oxygens (including phenoxy) is 2. The van der Waals surface area contributed by atoms with Crippen molar-refractivity contribution in [2.45, 2.75) is 20.0 Å². The second-order valence-electron chi connectivity index (χ2n) is 7.25. The number of halogens is 2. The summed E-state index contributed by atoms with van der Waals surface area (Å²) < 4.78 is 11.3. The van der Waals surface area contributed by atoms with Gasteiger partial charge in [0.2, 0.25) is 0 Å². The van der Waals surface area contributed by atoms with E-state index in [2.05, 4.69) is 35.8 Å². The molecular weight excluding hydrogens is 411 g/mol. The fourth-order valence-corrected chi connectivity index (χ4v) is 3.62. The number of benzene rings is 2. The lowest BCUT2D eigenvalue weighted by Crippen LogP contribution is -2.49. The highest BCUT2D eigenvalue weighted by molar-refractivity contribution is 5.85. The van der Waals surface area contributed by atoms with Gasteiger partial charge in [0.05, 0.1) is 12.8 Å². The normalized spacial score (nSPS) is 15.1. The first-order chi connectivity index (χ1) is 13.0. The summed E-state index contributed by atoms with van der Waals surface area (Å²) in [6.07, 6.45) is -0.497. The highest BCUT2D eigenvalue weighted by atomic mass is 35.5. The molecule has 1 aliphatic rings. The van der Waals surface area contributed by atoms with Crippen molar-refractivity contribution < 1.29 is 14.6 Å². The molecule has 0 spiro atoms. The van der Waals surface area contributed by atoms with E-state index < -0.39 is 6.10 Å². The minimum absolute atomic E-state index is 0. The Morgan fingerprint density at radius 3 is 2.21 bits per heavy atom. The minimum Gasteiger partial charge on any atom is -0.495 e. The molecule has 3 rings (SSSR count). The molecule has 1 heterocycles. The lowest BCUT2D eigenvalue weighted by molar-refractivity contribution is 0.0662. The Morgan fingerprint density at radius 2 is 1.59 bits per heavy atom. The van der Waals surface area contributed by atoms with Crippen LogP contribution in [0.1, 0.15) is 11.1 Å². The molecule has 1 saturated heterocycles. The van der Waals surface area contributed by atoms with Gasteiger partial charge in [-0.15, -0.1) is 24.8 Å². The molecule has 1 aliphatic heterocycles. The van der Waals surface area contributed by atoms with Crippen LogP contribution < -0.4 is 14.4 Å². The van der Waals surface area contributed by atoms with Crippen molar-refractivity contribution in [1.82, 2.24) is 4.90 Å². The quantitative estimate of drug-likeness (QED) is 0.707. The number of methoxy groups -OCH3 is 1. The van der Waals surface area contributed by atoms with Crippen LogP contribution in [-0.2, 0) is 0 Å². The maximum absolute atomic E-state index is 10.4. The van der Waals surface area contributed by atoms with Crippen LogP contribution >= 0.6 is 24.8 Å². The smallest absolute Gasteiger partial charge is 0.142 e. The number of piperazine rings is 1. The molecule has 7 heteroatoms. The van der Waals surface area contributed by atoms with Gasteiger partial charge < -0.3 is 19.5 Å². The first-order valence-corrected chi connectivity index (χ1v) is 9.54. The molecule has 0 saturated carbocycles. The van der Waals surface area contributed by atoms with Gasteiger partial charge in [-0.3, -0.25) is 4.90 Å². The van der Waals surface area contributed by atoms with E-state index in [0.29, 0.717) is 13.2 Å². The Bertz CT molecular complexity index is 732. The van der Waals surface area contributed by atoms with Crippen LogP contribution in [0.25, 0.3) is 0 Å². The molecular formula is C22H32Cl2N2O3. The zero-order valence-electron chi connectivity index (χ0n) is 17.3. The van der Waals surface area contributed by atoms with Gasteiger partial charge in [-0.2, -0.15) is 0 Å². The number of aliphatic hydroxyl groups is 1. The van der Waals surface area contributed by atoms with Gasteiger partial charge in [-0.05, 0) is 49.2 Å². The van der Waals surface area contributed by atoms with E-state index in [-0.39, 0.29) is 24.8 Å². The Kier molecular flexibility index (Phi) is 10.6. The predicted molar refractivity (Wildman–Crippen MR) is 124 cm³/mol. The van der Waals surface area contributed by atoms with Crippen LogP contribution in [0.5, 0.6) is 11.5 Å². The molecule has 5 nitrogen and oxygen atoms in total. The summed E-state index contributed by atoms with van der Waals surface area (Å²) in [4.78, 5) is 4.63. The molecule has 162 valence electrons. The Labute approximate surface area is 186 Å². The molecule has 0 bridgehead atoms. The van der Waals surface area contributed by atoms with E-state index in [1.807, 2.05) is 30.3 Å². The van der Waals surface area contributed by atoms with Crippen molar-refractivity contribution in [1.29, 1.82) is 0 Å². The number of nitrogens with zero attached hydrogens (tertiary/aromatic N) is 2. The van der Waals surface area contributed by atoms with E-state index in [1.165, 1.54) is 11.1 Å². The number of hydrogen-bond acceptors (Lipinski definition) is 5. The van der Waals surface area contributed by atoms with Crippen molar-refractivity contribution in [2.75, 3.05) is 51.3 Å². The van der Waals surface area contributed by atoms with Gasteiger partial charge >= 0.3 is 0 Å². The van der Waals surface area contributed by atoms with Crippen LogP contribution in [0, 0.1) is 13.8 Å². The van der Waals surface area contributed by atoms with E-state index in [1.54, 1.807) is 7.11 Å². The lowest BCUT2D eigenvalue weighted by atomic mass is 10.1. The zero-order valence-corrected chi connectivity index (χ0v) is 19.0. The van der Waals surface area contributed by atoms with Gasteiger partial charge in [-0.1, -0.05) is 18.2 Å². The molecule has 1 fully saturated rings. The third-order valence-corrected chi connectivity index (χ3v) is 4.90. The van der Waals surface area contributed by atoms with E-state index in [9.17, 15) is 5.11 Å². The molecule has 2 aromatic carbocycles. The maximum Gasteiger partial charge on any atom is 0.142 e. The zero-order chi connectivity index (χ0) is 19.2. The summed E-state index contributed by atoms with van der Waals surface area (Å²) in [5, 5.41) is 10.4. The highest BCUT2D eigenvalue weighted by Gasteiger charge is 2.21. The number of β-amino-alcohol motifs (C(OH)–C–C–N with tert-alkyl or cyclic N) is 1. The average Bonchev–Trinajstić information content (AvgIpc) is 2.66. The number of rotatable bonds is 7. The first kappa shape index (κ1) is 25.4. The van der Waals surface area contributed by atoms with Gasteiger partial charge in [0.1, 0.15) is 24.2 Å². The summed E-state index contributed by atoms with van der Waals surface area (Å²) in [6.45, 7) is 8.72. The van der Waals surface area contributed by atoms with Gasteiger partial charge in [0, 0.05) is 32.7 Å². The number of anilines is 1. The average molecular weight is 443 g/mol. The second-order valence-corrected chi connectivity index (χ2v) is 7.25. The Morgan fingerprint density at radius 1 is 0.966 bits per heavy atom. The van der Waals surface area contributed by atoms with Crippen molar-refractivity contribution >= 4 is 30.5 Å². The highest BCUT2D eigenvalue weighted by Crippen LogP contribution is 2.28. The van der Waals surface area contributed by atoms with Gasteiger partial charge in [-0.25, -0.2) is 0 Å². The van der Waals surface area contributed by atoms with Crippen LogP contribution in [0.2, 0.25) is 0 Å². The third-order valence-electron chi connectivity index (χ3n) is 4.90. The third kappa shape index (κ3) is 7.27. The van der Waals surface area contributed by atoms with Crippen molar-refractivity contribution in [2.24, 2.45) is 0 Å². The van der Waals surface area contributed by atoms with Crippen LogP contribution in [0.4, 0.5) is 5.69 Å². The topological polar surface area (TPSA) is 45.2 Å². The van der Waals surface area contributed by atoms with Crippen LogP contribution in [0.3, 0.4) is 0 Å². The maximum atomic E-state index is 10.4. The summed E-state index contributed by atoms with van der Waals surface area (Å²) in [7, 11) is 1.71. The molecule has 0 amide bonds. The Balaban J connectivity index is 0.00000210. The number of aliphatic hydroxyl groups excluding tert-OH is 1. The standard InChI is InChI=1S/C22H30N2O3.2ClH/c1-17-12-18(2)14-20(13-17)27-16-19(25)15-23-8-10-24(11-9-23)21-6-4-5-7-22(21)26-3;;/h4-7,12-14,19,25H,8-11,15-16H2,1-3H3;2*1H. The van der Waals surface area contributed by atoms with E-state index in [0.717, 1.165) is 43.4 Å². The molecule has 1 unspecified atom stereocenters. The molecule has 2 aromatic rings. The number of aryl methyl sites for hydroxylation is 2. The first-order valence-electron chi connectivity index (χ1n) is 9.54. The van der Waals surface area contributed by atoms with Crippen molar-refractivity contribution in [3.05, 3.63) is 53.6 Å². The van der Waals surface area contributed by atoms with E-state index >= 15 is 0 Å². The summed E-state index contributed by atoms with van der Waals surface area (Å²) in [5.74, 6) is 1.74. The second kappa shape index (κ2) is 12.1. The van der Waals surface area contributed by atoms with Gasteiger partial charge in [0.25, 0.3) is 0 Å². The van der Waals surface area contributed by atoms with E-state index in [4.69, 9.17) is 9.47 Å². The summed E-state index contributed by atoms with van der Waals surface area (Å²) in [6, 6.07) is 14.3. The number of hydrogen-bond donors (Lipinski definition) is 1. The van der Waals surface area contributed by atoms with Crippen LogP contribution in [-0.4, -0.2) is 62.6 Å². The monoisotopic (exact) mass is 442 g/mol. The lowest BCUT2D eigenvalue weighted by Gasteiger charge is -2.37. The van der Waals surface area contributed by atoms with Crippen LogP contribution in [0.15, 0.2) is 42.5 Å². The van der Waals surface area contributed by atoms with Crippen molar-refractivity contribution in [3.63, 3.8) is 0 Å². The molecule has 0 aliphatic carbocycles. The Hall–Kier alpha value is -1.66. The summed E-state index contributed by atoms with van der Waals surface area (Å²) in [5.41, 5.74) is 3.48. The SMILES string of the molecule is COc1ccccc1N1CCN(CC(O)COc2cc(C)cc(C)c2)CC1.Cl.Cl. The molecule has 0 aromatic heterocycles. The number of para-hydroxylation sites is 2. The van der Waals surface area contributed by atoms with Gasteiger partial charge in [0.15, 0.2) is 0 Å². The molecule has 1 N–H and O–H groups in total. The molecule has 0 radical (unpaired) electrons. The fraction of sp³-hybridized carbons (Fsp3) is 0.455. The molecule has 29 heavy (non-hydrogen) atoms. The minimum atomic E-state index is -0.497. The predicted octanol–water partition coefficient (Wildman–Crippen LogP) is 3.72. The largest absolute Gasteiger partial charge is 0.495 e. The van der Waals surface area contributed by atoms with Crippen molar-refractivity contribution in [3.8, 4) is 11.5 Å². The fourth-order valence-electron chi connectivity index (χ4n) is 3.62. The summed E-state index contributed by atoms with van der Waals surface area (Å²) >= 11 is 0.